The summed E-state index contributed by atoms with van der Waals surface area (Å²) < 4.78 is 18.3. The Hall–Kier alpha value is -2.31. The Kier molecular flexibility index (Phi) is 5.55. The topological polar surface area (TPSA) is 95.9 Å². The van der Waals surface area contributed by atoms with Crippen molar-refractivity contribution < 1.29 is 28.9 Å². The zero-order valence-corrected chi connectivity index (χ0v) is 14.6. The van der Waals surface area contributed by atoms with Gasteiger partial charge in [-0.25, -0.2) is 14.0 Å². The number of ether oxygens (including phenoxy) is 1. The minimum Gasteiger partial charge on any atom is -0.508 e. The second kappa shape index (κ2) is 7.29. The first kappa shape index (κ1) is 19.0. The minimum absolute atomic E-state index is 0.0254. The average Bonchev–Trinajstić information content (AvgIpc) is 2.43. The van der Waals surface area contributed by atoms with Crippen molar-refractivity contribution in [3.8, 4) is 5.75 Å². The molecule has 6 nitrogen and oxygen atoms in total. The molecule has 1 aromatic rings. The van der Waals surface area contributed by atoms with E-state index in [2.05, 4.69) is 5.32 Å². The number of halogens is 1. The molecular weight excluding hydrogens is 329 g/mol. The van der Waals surface area contributed by atoms with E-state index in [0.29, 0.717) is 18.4 Å². The van der Waals surface area contributed by atoms with Gasteiger partial charge in [0.25, 0.3) is 0 Å². The van der Waals surface area contributed by atoms with Crippen LogP contribution < -0.4 is 5.32 Å². The number of carbonyl (C=O) groups excluding carboxylic acids is 1. The Bertz CT molecular complexity index is 649. The number of aliphatic carboxylic acids is 1. The molecule has 1 aromatic carbocycles. The zero-order chi connectivity index (χ0) is 18.8. The van der Waals surface area contributed by atoms with Crippen LogP contribution in [0.1, 0.15) is 50.7 Å². The van der Waals surface area contributed by atoms with Crippen LogP contribution >= 0.6 is 0 Å². The van der Waals surface area contributed by atoms with Gasteiger partial charge in [-0.05, 0) is 62.8 Å². The van der Waals surface area contributed by atoms with Gasteiger partial charge < -0.3 is 20.3 Å². The lowest BCUT2D eigenvalue weighted by atomic mass is 9.76. The molecule has 3 N–H and O–H groups in total. The standard InChI is InChI=1S/C18H24FNO5/c1-18(2,3)25-17(24)20-15(16(22)23)8-10-4-5-13(21)9-14(10)11-6-12(19)7-11/h4-5,9,11-12,15,21H,6-8H2,1-3H3,(H,20,24)(H,22,23)/t11?,12?,15-/m0/s1. The summed E-state index contributed by atoms with van der Waals surface area (Å²) in [6, 6.07) is 3.43. The number of rotatable bonds is 5. The number of phenolic OH excluding ortho intramolecular Hbond substituents is 1. The fraction of sp³-hybridized carbons (Fsp3) is 0.556. The SMILES string of the molecule is CC(C)(C)OC(=O)N[C@@H](Cc1ccc(O)cc1C1CC(F)C1)C(=O)O. The van der Waals surface area contributed by atoms with Crippen molar-refractivity contribution in [2.75, 3.05) is 0 Å². The zero-order valence-electron chi connectivity index (χ0n) is 14.6. The van der Waals surface area contributed by atoms with E-state index >= 15 is 0 Å². The second-order valence-corrected chi connectivity index (χ2v) is 7.39. The van der Waals surface area contributed by atoms with Crippen molar-refractivity contribution >= 4 is 12.1 Å². The third kappa shape index (κ3) is 5.34. The van der Waals surface area contributed by atoms with E-state index < -0.39 is 29.9 Å². The molecule has 1 amide bonds. The highest BCUT2D eigenvalue weighted by Crippen LogP contribution is 2.41. The second-order valence-electron chi connectivity index (χ2n) is 7.39. The van der Waals surface area contributed by atoms with E-state index in [1.54, 1.807) is 26.8 Å². The van der Waals surface area contributed by atoms with Crippen LogP contribution in [-0.4, -0.2) is 40.1 Å². The smallest absolute Gasteiger partial charge is 0.408 e. The van der Waals surface area contributed by atoms with Crippen LogP contribution in [0.4, 0.5) is 9.18 Å². The largest absolute Gasteiger partial charge is 0.508 e. The highest BCUT2D eigenvalue weighted by molar-refractivity contribution is 5.80. The average molecular weight is 353 g/mol. The van der Waals surface area contributed by atoms with E-state index in [1.807, 2.05) is 0 Å². The molecule has 0 heterocycles. The maximum Gasteiger partial charge on any atom is 0.408 e. The molecular formula is C18H24FNO5. The molecule has 1 aliphatic carbocycles. The van der Waals surface area contributed by atoms with E-state index in [9.17, 15) is 24.2 Å². The number of hydrogen-bond acceptors (Lipinski definition) is 4. The molecule has 0 aromatic heterocycles. The number of carboxylic acid groups (broad SMARTS) is 1. The van der Waals surface area contributed by atoms with Crippen LogP contribution in [0.3, 0.4) is 0 Å². The van der Waals surface area contributed by atoms with Crippen LogP contribution in [0.25, 0.3) is 0 Å². The lowest BCUT2D eigenvalue weighted by Gasteiger charge is -2.32. The Morgan fingerprint density at radius 3 is 2.52 bits per heavy atom. The number of hydrogen-bond donors (Lipinski definition) is 3. The Labute approximate surface area is 146 Å². The normalized spacial score (nSPS) is 21.1. The molecule has 0 aliphatic heterocycles. The molecule has 1 aliphatic rings. The first-order chi connectivity index (χ1) is 11.5. The van der Waals surface area contributed by atoms with Gasteiger partial charge in [0, 0.05) is 6.42 Å². The fourth-order valence-corrected chi connectivity index (χ4v) is 2.82. The number of alkyl carbamates (subject to hydrolysis) is 1. The molecule has 7 heteroatoms. The minimum atomic E-state index is -1.19. The predicted octanol–water partition coefficient (Wildman–Crippen LogP) is 3.13. The van der Waals surface area contributed by atoms with Gasteiger partial charge in [-0.15, -0.1) is 0 Å². The van der Waals surface area contributed by atoms with Crippen molar-refractivity contribution in [1.29, 1.82) is 0 Å². The molecule has 2 rings (SSSR count). The summed E-state index contributed by atoms with van der Waals surface area (Å²) in [7, 11) is 0. The monoisotopic (exact) mass is 353 g/mol. The number of benzene rings is 1. The van der Waals surface area contributed by atoms with E-state index in [4.69, 9.17) is 4.74 Å². The van der Waals surface area contributed by atoms with Crippen molar-refractivity contribution in [3.63, 3.8) is 0 Å². The molecule has 1 saturated carbocycles. The van der Waals surface area contributed by atoms with Gasteiger partial charge in [-0.2, -0.15) is 0 Å². The highest BCUT2D eigenvalue weighted by atomic mass is 19.1. The van der Waals surface area contributed by atoms with E-state index in [0.717, 1.165) is 5.56 Å². The van der Waals surface area contributed by atoms with Crippen molar-refractivity contribution in [2.24, 2.45) is 0 Å². The Balaban J connectivity index is 2.14. The molecule has 0 unspecified atom stereocenters. The molecule has 0 spiro atoms. The van der Waals surface area contributed by atoms with Crippen molar-refractivity contribution in [2.45, 2.75) is 63.8 Å². The van der Waals surface area contributed by atoms with E-state index in [-0.39, 0.29) is 18.1 Å². The quantitative estimate of drug-likeness (QED) is 0.756. The maximum atomic E-state index is 13.2. The predicted molar refractivity (Wildman–Crippen MR) is 89.5 cm³/mol. The number of carboxylic acids is 1. The first-order valence-electron chi connectivity index (χ1n) is 8.23. The van der Waals surface area contributed by atoms with Gasteiger partial charge in [-0.1, -0.05) is 6.07 Å². The summed E-state index contributed by atoms with van der Waals surface area (Å²) in [5, 5.41) is 21.4. The number of nitrogens with one attached hydrogen (secondary N) is 1. The van der Waals surface area contributed by atoms with Crippen LogP contribution in [-0.2, 0) is 16.0 Å². The molecule has 138 valence electrons. The van der Waals surface area contributed by atoms with Gasteiger partial charge in [0.15, 0.2) is 0 Å². The number of phenols is 1. The Morgan fingerprint density at radius 2 is 2.00 bits per heavy atom. The highest BCUT2D eigenvalue weighted by Gasteiger charge is 2.33. The third-order valence-corrected chi connectivity index (χ3v) is 4.06. The van der Waals surface area contributed by atoms with Gasteiger partial charge in [0.05, 0.1) is 0 Å². The lowest BCUT2D eigenvalue weighted by molar-refractivity contribution is -0.139. The number of aromatic hydroxyl groups is 1. The summed E-state index contributed by atoms with van der Waals surface area (Å²) in [5.74, 6) is -1.19. The fourth-order valence-electron chi connectivity index (χ4n) is 2.82. The van der Waals surface area contributed by atoms with Crippen LogP contribution in [0.15, 0.2) is 18.2 Å². The van der Waals surface area contributed by atoms with Crippen LogP contribution in [0, 0.1) is 0 Å². The molecule has 1 fully saturated rings. The molecule has 25 heavy (non-hydrogen) atoms. The van der Waals surface area contributed by atoms with Gasteiger partial charge in [0.1, 0.15) is 23.6 Å². The van der Waals surface area contributed by atoms with Crippen molar-refractivity contribution in [3.05, 3.63) is 29.3 Å². The summed E-state index contributed by atoms with van der Waals surface area (Å²) in [5.41, 5.74) is 0.656. The van der Waals surface area contributed by atoms with E-state index in [1.165, 1.54) is 12.1 Å². The number of carbonyl (C=O) groups is 2. The summed E-state index contributed by atoms with van der Waals surface area (Å²) in [6.45, 7) is 5.05. The van der Waals surface area contributed by atoms with Gasteiger partial charge in [0.2, 0.25) is 0 Å². The van der Waals surface area contributed by atoms with Gasteiger partial charge >= 0.3 is 12.1 Å². The molecule has 0 radical (unpaired) electrons. The lowest BCUT2D eigenvalue weighted by Crippen LogP contribution is -2.44. The summed E-state index contributed by atoms with van der Waals surface area (Å²) in [4.78, 5) is 23.4. The van der Waals surface area contributed by atoms with Crippen LogP contribution in [0.5, 0.6) is 5.75 Å². The Morgan fingerprint density at radius 1 is 1.36 bits per heavy atom. The molecule has 1 atom stereocenters. The molecule has 0 saturated heterocycles. The maximum absolute atomic E-state index is 13.2. The van der Waals surface area contributed by atoms with Gasteiger partial charge in [-0.3, -0.25) is 0 Å². The third-order valence-electron chi connectivity index (χ3n) is 4.06. The van der Waals surface area contributed by atoms with Crippen molar-refractivity contribution in [1.82, 2.24) is 5.32 Å². The molecule has 0 bridgehead atoms. The summed E-state index contributed by atoms with van der Waals surface area (Å²) in [6.07, 6.45) is -0.943. The number of amides is 1. The first-order valence-corrected chi connectivity index (χ1v) is 8.23. The summed E-state index contributed by atoms with van der Waals surface area (Å²) >= 11 is 0. The van der Waals surface area contributed by atoms with Crippen LogP contribution in [0.2, 0.25) is 0 Å². The number of alkyl halides is 1.